The molecule has 1 amide bonds. The number of amides is 1. The van der Waals surface area contributed by atoms with Gasteiger partial charge in [0.1, 0.15) is 12.4 Å². The molecular formula is C12H20N2O4. The number of likely N-dealkylation sites (tertiary alicyclic amines) is 1. The maximum absolute atomic E-state index is 11.6. The standard InChI is InChI=1S/C12H20N2O4/c1-9-7-11(13)14(12(9)16)3-4-17-5-6-18-8-10(2)15/h9,13H,3-8H2,1-2H3. The molecule has 0 aromatic rings. The van der Waals surface area contributed by atoms with Gasteiger partial charge in [-0.05, 0) is 6.92 Å². The molecule has 6 nitrogen and oxygen atoms in total. The summed E-state index contributed by atoms with van der Waals surface area (Å²) in [6.07, 6.45) is 0.514. The van der Waals surface area contributed by atoms with E-state index in [1.165, 1.54) is 11.8 Å². The van der Waals surface area contributed by atoms with Gasteiger partial charge >= 0.3 is 0 Å². The van der Waals surface area contributed by atoms with Gasteiger partial charge in [0.2, 0.25) is 5.91 Å². The van der Waals surface area contributed by atoms with Gasteiger partial charge < -0.3 is 9.47 Å². The first-order valence-electron chi connectivity index (χ1n) is 6.06. The second-order valence-corrected chi connectivity index (χ2v) is 4.41. The highest BCUT2D eigenvalue weighted by Gasteiger charge is 2.32. The van der Waals surface area contributed by atoms with Gasteiger partial charge in [-0.1, -0.05) is 6.92 Å². The van der Waals surface area contributed by atoms with E-state index in [1.54, 1.807) is 0 Å². The number of Topliss-reactive ketones (excluding diaryl/α,β-unsaturated/α-hetero) is 1. The maximum Gasteiger partial charge on any atom is 0.231 e. The average Bonchev–Trinajstić information content (AvgIpc) is 2.53. The van der Waals surface area contributed by atoms with Gasteiger partial charge in [-0.3, -0.25) is 19.9 Å². The van der Waals surface area contributed by atoms with Crippen molar-refractivity contribution in [1.29, 1.82) is 5.41 Å². The Kier molecular flexibility index (Phi) is 5.94. The second kappa shape index (κ2) is 7.23. The molecule has 0 aromatic carbocycles. The third-order valence-corrected chi connectivity index (χ3v) is 2.65. The number of ketones is 1. The number of carbonyl (C=O) groups excluding carboxylic acids is 2. The van der Waals surface area contributed by atoms with Gasteiger partial charge in [-0.15, -0.1) is 0 Å². The summed E-state index contributed by atoms with van der Waals surface area (Å²) < 4.78 is 10.3. The summed E-state index contributed by atoms with van der Waals surface area (Å²) in [4.78, 5) is 23.7. The fraction of sp³-hybridized carbons (Fsp3) is 0.750. The number of ether oxygens (including phenoxy) is 2. The van der Waals surface area contributed by atoms with Crippen LogP contribution in [-0.2, 0) is 19.1 Å². The molecule has 0 spiro atoms. The molecule has 1 aliphatic heterocycles. The van der Waals surface area contributed by atoms with E-state index in [0.29, 0.717) is 38.6 Å². The predicted molar refractivity (Wildman–Crippen MR) is 65.5 cm³/mol. The summed E-state index contributed by atoms with van der Waals surface area (Å²) in [5.41, 5.74) is 0. The molecule has 102 valence electrons. The molecule has 18 heavy (non-hydrogen) atoms. The third kappa shape index (κ3) is 4.54. The van der Waals surface area contributed by atoms with Gasteiger partial charge in [0.25, 0.3) is 0 Å². The van der Waals surface area contributed by atoms with Crippen LogP contribution in [0, 0.1) is 11.3 Å². The van der Waals surface area contributed by atoms with Crippen molar-refractivity contribution in [3.8, 4) is 0 Å². The van der Waals surface area contributed by atoms with Crippen molar-refractivity contribution >= 4 is 17.5 Å². The Morgan fingerprint density at radius 1 is 1.39 bits per heavy atom. The number of hydrogen-bond donors (Lipinski definition) is 1. The molecule has 1 N–H and O–H groups in total. The second-order valence-electron chi connectivity index (χ2n) is 4.41. The van der Waals surface area contributed by atoms with Crippen LogP contribution in [0.25, 0.3) is 0 Å². The van der Waals surface area contributed by atoms with E-state index in [9.17, 15) is 9.59 Å². The fourth-order valence-electron chi connectivity index (χ4n) is 1.72. The summed E-state index contributed by atoms with van der Waals surface area (Å²) in [6.45, 7) is 4.94. The highest BCUT2D eigenvalue weighted by Crippen LogP contribution is 2.18. The zero-order valence-electron chi connectivity index (χ0n) is 10.9. The predicted octanol–water partition coefficient (Wildman–Crippen LogP) is 0.454. The number of hydrogen-bond acceptors (Lipinski definition) is 5. The quantitative estimate of drug-likeness (QED) is 0.640. The summed E-state index contributed by atoms with van der Waals surface area (Å²) >= 11 is 0. The van der Waals surface area contributed by atoms with Crippen LogP contribution < -0.4 is 0 Å². The Hall–Kier alpha value is -1.27. The highest BCUT2D eigenvalue weighted by molar-refractivity contribution is 6.04. The number of rotatable bonds is 8. The summed E-state index contributed by atoms with van der Waals surface area (Å²) in [6, 6.07) is 0. The van der Waals surface area contributed by atoms with Crippen molar-refractivity contribution in [1.82, 2.24) is 4.90 Å². The topological polar surface area (TPSA) is 79.7 Å². The first-order valence-corrected chi connectivity index (χ1v) is 6.06. The molecule has 1 rings (SSSR count). The normalized spacial score (nSPS) is 19.7. The molecule has 1 aliphatic rings. The number of carbonyl (C=O) groups is 2. The molecule has 1 unspecified atom stereocenters. The number of nitrogens with one attached hydrogen (secondary N) is 1. The number of nitrogens with zero attached hydrogens (tertiary/aromatic N) is 1. The SMILES string of the molecule is CC(=O)COCCOCCN1C(=N)CC(C)C1=O. The van der Waals surface area contributed by atoms with Crippen molar-refractivity contribution in [2.45, 2.75) is 20.3 Å². The Labute approximate surface area is 107 Å². The van der Waals surface area contributed by atoms with Crippen molar-refractivity contribution in [2.75, 3.05) is 33.0 Å². The molecule has 0 saturated carbocycles. The fourth-order valence-corrected chi connectivity index (χ4v) is 1.72. The van der Waals surface area contributed by atoms with E-state index in [-0.39, 0.29) is 24.2 Å². The summed E-state index contributed by atoms with van der Waals surface area (Å²) in [5, 5.41) is 7.65. The van der Waals surface area contributed by atoms with Gasteiger partial charge in [-0.25, -0.2) is 0 Å². The molecule has 1 heterocycles. The zero-order chi connectivity index (χ0) is 13.5. The van der Waals surface area contributed by atoms with E-state index in [0.717, 1.165) is 0 Å². The molecular weight excluding hydrogens is 236 g/mol. The molecule has 1 saturated heterocycles. The molecule has 6 heteroatoms. The summed E-state index contributed by atoms with van der Waals surface area (Å²) in [7, 11) is 0. The minimum absolute atomic E-state index is 0.00331. The molecule has 0 aromatic heterocycles. The first-order chi connectivity index (χ1) is 8.52. The molecule has 0 radical (unpaired) electrons. The van der Waals surface area contributed by atoms with Crippen molar-refractivity contribution in [3.05, 3.63) is 0 Å². The lowest BCUT2D eigenvalue weighted by Gasteiger charge is -2.16. The van der Waals surface area contributed by atoms with E-state index in [2.05, 4.69) is 0 Å². The van der Waals surface area contributed by atoms with E-state index < -0.39 is 0 Å². The van der Waals surface area contributed by atoms with Crippen molar-refractivity contribution in [3.63, 3.8) is 0 Å². The molecule has 0 bridgehead atoms. The average molecular weight is 256 g/mol. The number of amidine groups is 1. The third-order valence-electron chi connectivity index (χ3n) is 2.65. The largest absolute Gasteiger partial charge is 0.377 e. The zero-order valence-corrected chi connectivity index (χ0v) is 10.9. The Morgan fingerprint density at radius 2 is 2.06 bits per heavy atom. The summed E-state index contributed by atoms with van der Waals surface area (Å²) in [5.74, 6) is 0.261. The van der Waals surface area contributed by atoms with Crippen LogP contribution in [0.3, 0.4) is 0 Å². The van der Waals surface area contributed by atoms with E-state index >= 15 is 0 Å². The minimum Gasteiger partial charge on any atom is -0.377 e. The Morgan fingerprint density at radius 3 is 2.61 bits per heavy atom. The lowest BCUT2D eigenvalue weighted by atomic mass is 10.1. The van der Waals surface area contributed by atoms with Gasteiger partial charge in [0, 0.05) is 12.3 Å². The van der Waals surface area contributed by atoms with E-state index in [1.807, 2.05) is 6.92 Å². The minimum atomic E-state index is -0.0867. The van der Waals surface area contributed by atoms with Gasteiger partial charge in [-0.2, -0.15) is 0 Å². The first kappa shape index (κ1) is 14.8. The van der Waals surface area contributed by atoms with Crippen LogP contribution in [0.2, 0.25) is 0 Å². The van der Waals surface area contributed by atoms with Crippen LogP contribution in [-0.4, -0.2) is 55.4 Å². The Balaban J connectivity index is 2.06. The monoisotopic (exact) mass is 256 g/mol. The van der Waals surface area contributed by atoms with Crippen LogP contribution in [0.5, 0.6) is 0 Å². The van der Waals surface area contributed by atoms with Gasteiger partial charge in [0.15, 0.2) is 5.78 Å². The van der Waals surface area contributed by atoms with Crippen LogP contribution >= 0.6 is 0 Å². The van der Waals surface area contributed by atoms with Gasteiger partial charge in [0.05, 0.1) is 26.4 Å². The van der Waals surface area contributed by atoms with E-state index in [4.69, 9.17) is 14.9 Å². The maximum atomic E-state index is 11.6. The Bertz CT molecular complexity index is 330. The van der Waals surface area contributed by atoms with Crippen LogP contribution in [0.4, 0.5) is 0 Å². The van der Waals surface area contributed by atoms with Crippen molar-refractivity contribution in [2.24, 2.45) is 5.92 Å². The van der Waals surface area contributed by atoms with Crippen LogP contribution in [0.15, 0.2) is 0 Å². The molecule has 1 atom stereocenters. The van der Waals surface area contributed by atoms with Crippen molar-refractivity contribution < 1.29 is 19.1 Å². The molecule has 0 aliphatic carbocycles. The smallest absolute Gasteiger partial charge is 0.231 e. The molecule has 1 fully saturated rings. The lowest BCUT2D eigenvalue weighted by molar-refractivity contribution is -0.129. The highest BCUT2D eigenvalue weighted by atomic mass is 16.5. The lowest BCUT2D eigenvalue weighted by Crippen LogP contribution is -2.33. The van der Waals surface area contributed by atoms with Crippen LogP contribution in [0.1, 0.15) is 20.3 Å².